The second kappa shape index (κ2) is 13.3. The van der Waals surface area contributed by atoms with Crippen molar-refractivity contribution in [2.45, 2.75) is 200 Å². The Morgan fingerprint density at radius 3 is 1.38 bits per heavy atom. The Bertz CT molecular complexity index is 1190. The van der Waals surface area contributed by atoms with Gasteiger partial charge in [-0.3, -0.25) is 9.59 Å². The predicted molar refractivity (Wildman–Crippen MR) is 196 cm³/mol. The Kier molecular flexibility index (Phi) is 11.1. The number of ether oxygens (including phenoxy) is 2. The zero-order valence-corrected chi connectivity index (χ0v) is 32.5. The highest BCUT2D eigenvalue weighted by atomic mass is 16.6. The van der Waals surface area contributed by atoms with E-state index in [1.807, 2.05) is 12.1 Å². The largest absolute Gasteiger partial charge is 0.507 e. The first-order valence-electron chi connectivity index (χ1n) is 18.0. The highest BCUT2D eigenvalue weighted by molar-refractivity contribution is 6.00. The van der Waals surface area contributed by atoms with Crippen LogP contribution in [0.2, 0.25) is 0 Å². The molecule has 2 aliphatic heterocycles. The third kappa shape index (κ3) is 9.97. The number of carbonyl (C=O) groups excluding carboxylic acids is 2. The van der Waals surface area contributed by atoms with Gasteiger partial charge in [0, 0.05) is 50.7 Å². The SMILES string of the molecule is CCCCC(Cc1cc(C(C)(C)C)c(O)c(C(C)(C)C)c1)(C(=O)OC1CC(C)(C)NC(C)(C)C1)C(=O)OC1CC(C)(C)NC(C)(C)C1.[HH].[HH]. The minimum absolute atomic E-state index is 0. The molecule has 0 aromatic heterocycles. The van der Waals surface area contributed by atoms with Crippen molar-refractivity contribution < 1.29 is 27.0 Å². The van der Waals surface area contributed by atoms with Crippen molar-refractivity contribution in [3.63, 3.8) is 0 Å². The summed E-state index contributed by atoms with van der Waals surface area (Å²) in [7, 11) is 0. The van der Waals surface area contributed by atoms with Crippen molar-refractivity contribution in [2.75, 3.05) is 0 Å². The predicted octanol–water partition coefficient (Wildman–Crippen LogP) is 8.90. The average Bonchev–Trinajstić information content (AvgIpc) is 2.81. The number of esters is 2. The van der Waals surface area contributed by atoms with Gasteiger partial charge in [-0.25, -0.2) is 0 Å². The highest BCUT2D eigenvalue weighted by Crippen LogP contribution is 2.44. The standard InChI is InChI=1S/C40H68N2O5.2H2/c1-16-17-18-40(32(44)46-27-22-36(8,9)41-37(10,11)23-27,33(45)47-28-24-38(12,13)42-39(14,15)25-28)21-26-19-29(34(2,3)4)31(43)30(20-26)35(5,6)7;;/h19-20,27-28,41-43H,16-18,21-25H2,1-15H3;2*1H. The first-order valence-corrected chi connectivity index (χ1v) is 18.0. The van der Waals surface area contributed by atoms with E-state index in [9.17, 15) is 14.7 Å². The number of aromatic hydroxyl groups is 1. The second-order valence-corrected chi connectivity index (χ2v) is 19.6. The monoisotopic (exact) mass is 661 g/mol. The maximum atomic E-state index is 14.8. The number of nitrogens with one attached hydrogen (secondary N) is 2. The number of hydrogen-bond acceptors (Lipinski definition) is 7. The number of carbonyl (C=O) groups is 2. The van der Waals surface area contributed by atoms with Crippen molar-refractivity contribution in [3.8, 4) is 5.75 Å². The third-order valence-electron chi connectivity index (χ3n) is 9.88. The van der Waals surface area contributed by atoms with Gasteiger partial charge in [0.05, 0.1) is 0 Å². The summed E-state index contributed by atoms with van der Waals surface area (Å²) in [6.07, 6.45) is 3.90. The van der Waals surface area contributed by atoms with Crippen LogP contribution >= 0.6 is 0 Å². The molecule has 1 aromatic carbocycles. The van der Waals surface area contributed by atoms with E-state index in [1.54, 1.807) is 0 Å². The molecule has 1 aromatic rings. The smallest absolute Gasteiger partial charge is 0.324 e. The summed E-state index contributed by atoms with van der Waals surface area (Å²) in [6, 6.07) is 3.97. The molecule has 7 nitrogen and oxygen atoms in total. The van der Waals surface area contributed by atoms with Gasteiger partial charge >= 0.3 is 11.9 Å². The molecule has 0 spiro atoms. The summed E-state index contributed by atoms with van der Waals surface area (Å²) in [4.78, 5) is 29.7. The molecule has 0 unspecified atom stereocenters. The second-order valence-electron chi connectivity index (χ2n) is 19.6. The van der Waals surface area contributed by atoms with Crippen LogP contribution in [0.15, 0.2) is 12.1 Å². The lowest BCUT2D eigenvalue weighted by molar-refractivity contribution is -0.183. The van der Waals surface area contributed by atoms with Crippen LogP contribution in [0.25, 0.3) is 0 Å². The van der Waals surface area contributed by atoms with Crippen LogP contribution in [0.3, 0.4) is 0 Å². The number of unbranched alkanes of at least 4 members (excludes halogenated alkanes) is 1. The summed E-state index contributed by atoms with van der Waals surface area (Å²) >= 11 is 0. The summed E-state index contributed by atoms with van der Waals surface area (Å²) < 4.78 is 12.9. The molecule has 47 heavy (non-hydrogen) atoms. The lowest BCUT2D eigenvalue weighted by Gasteiger charge is -2.47. The molecule has 2 heterocycles. The first-order chi connectivity index (χ1) is 21.1. The number of phenols is 1. The minimum Gasteiger partial charge on any atom is -0.507 e. The van der Waals surface area contributed by atoms with Gasteiger partial charge in [0.2, 0.25) is 0 Å². The first kappa shape index (κ1) is 39.3. The fourth-order valence-electron chi connectivity index (χ4n) is 8.44. The quantitative estimate of drug-likeness (QED) is 0.180. The normalized spacial score (nSPS) is 21.7. The number of rotatable bonds is 9. The van der Waals surface area contributed by atoms with Gasteiger partial charge in [-0.2, -0.15) is 0 Å². The number of hydrogen-bond donors (Lipinski definition) is 3. The minimum atomic E-state index is -1.53. The Morgan fingerprint density at radius 1 is 0.745 bits per heavy atom. The summed E-state index contributed by atoms with van der Waals surface area (Å²) in [5.41, 5.74) is -0.730. The summed E-state index contributed by atoms with van der Waals surface area (Å²) in [6.45, 7) is 31.6. The Balaban J connectivity index is 0.00000600. The van der Waals surface area contributed by atoms with E-state index in [1.165, 1.54) is 0 Å². The Hall–Kier alpha value is -2.12. The zero-order chi connectivity index (χ0) is 36.0. The maximum absolute atomic E-state index is 14.8. The Morgan fingerprint density at radius 2 is 1.09 bits per heavy atom. The van der Waals surface area contributed by atoms with Gasteiger partial charge in [0.25, 0.3) is 0 Å². The number of phenolic OH excluding ortho intramolecular Hbond substituents is 1. The molecule has 0 radical (unpaired) electrons. The van der Waals surface area contributed by atoms with Crippen molar-refractivity contribution in [1.29, 1.82) is 0 Å². The lowest BCUT2D eigenvalue weighted by atomic mass is 9.73. The van der Waals surface area contributed by atoms with E-state index in [2.05, 4.69) is 114 Å². The van der Waals surface area contributed by atoms with Gasteiger partial charge in [-0.15, -0.1) is 0 Å². The van der Waals surface area contributed by atoms with E-state index in [-0.39, 0.29) is 60.2 Å². The van der Waals surface area contributed by atoms with E-state index in [4.69, 9.17) is 9.47 Å². The van der Waals surface area contributed by atoms with Crippen LogP contribution in [-0.4, -0.2) is 51.4 Å². The molecule has 0 atom stereocenters. The van der Waals surface area contributed by atoms with Gasteiger partial charge in [-0.1, -0.05) is 73.4 Å². The van der Waals surface area contributed by atoms with Gasteiger partial charge in [0.1, 0.15) is 18.0 Å². The van der Waals surface area contributed by atoms with Crippen molar-refractivity contribution in [2.24, 2.45) is 5.41 Å². The van der Waals surface area contributed by atoms with Gasteiger partial charge < -0.3 is 25.2 Å². The average molecular weight is 661 g/mol. The molecule has 0 bridgehead atoms. The highest BCUT2D eigenvalue weighted by Gasteiger charge is 2.52. The number of piperidine rings is 2. The molecule has 0 saturated carbocycles. The van der Waals surface area contributed by atoms with Crippen molar-refractivity contribution >= 4 is 11.9 Å². The van der Waals surface area contributed by atoms with Gasteiger partial charge in [0.15, 0.2) is 5.41 Å². The molecular formula is C40H72N2O5. The third-order valence-corrected chi connectivity index (χ3v) is 9.88. The van der Waals surface area contributed by atoms with Crippen LogP contribution in [0.5, 0.6) is 5.75 Å². The molecule has 3 N–H and O–H groups in total. The van der Waals surface area contributed by atoms with E-state index >= 15 is 0 Å². The molecule has 2 fully saturated rings. The molecule has 0 aliphatic carbocycles. The zero-order valence-electron chi connectivity index (χ0n) is 32.5. The Labute approximate surface area is 289 Å². The maximum Gasteiger partial charge on any atom is 0.324 e. The molecule has 2 saturated heterocycles. The van der Waals surface area contributed by atoms with E-state index in [0.29, 0.717) is 38.5 Å². The summed E-state index contributed by atoms with van der Waals surface area (Å²) in [5, 5.41) is 18.8. The van der Waals surface area contributed by atoms with Gasteiger partial charge in [-0.05, 0) is 95.8 Å². The van der Waals surface area contributed by atoms with Crippen LogP contribution in [0.1, 0.15) is 168 Å². The lowest BCUT2D eigenvalue weighted by Crippen LogP contribution is -2.61. The summed E-state index contributed by atoms with van der Waals surface area (Å²) in [5.74, 6) is -0.717. The topological polar surface area (TPSA) is 96.9 Å². The van der Waals surface area contributed by atoms with Crippen LogP contribution in [0.4, 0.5) is 0 Å². The molecule has 272 valence electrons. The fraction of sp³-hybridized carbons (Fsp3) is 0.800. The molecule has 0 amide bonds. The van der Waals surface area contributed by atoms with E-state index in [0.717, 1.165) is 23.1 Å². The van der Waals surface area contributed by atoms with Crippen LogP contribution < -0.4 is 10.6 Å². The van der Waals surface area contributed by atoms with Crippen LogP contribution in [0, 0.1) is 5.41 Å². The molecular weight excluding hydrogens is 588 g/mol. The van der Waals surface area contributed by atoms with Crippen molar-refractivity contribution in [3.05, 3.63) is 28.8 Å². The molecule has 2 aliphatic rings. The molecule has 3 rings (SSSR count). The van der Waals surface area contributed by atoms with Crippen molar-refractivity contribution in [1.82, 2.24) is 10.6 Å². The number of benzene rings is 1. The van der Waals surface area contributed by atoms with Crippen LogP contribution in [-0.2, 0) is 36.3 Å². The van der Waals surface area contributed by atoms with E-state index < -0.39 is 17.4 Å². The fourth-order valence-corrected chi connectivity index (χ4v) is 8.44. The molecule has 7 heteroatoms.